The average Bonchev–Trinajstić information content (AvgIpc) is 2.94. The van der Waals surface area contributed by atoms with Crippen LogP contribution in [-0.4, -0.2) is 20.7 Å². The van der Waals surface area contributed by atoms with Gasteiger partial charge in [0.25, 0.3) is 5.91 Å². The molecule has 0 unspecified atom stereocenters. The van der Waals surface area contributed by atoms with E-state index in [1.54, 1.807) is 16.9 Å². The molecule has 2 aromatic heterocycles. The largest absolute Gasteiger partial charge is 0.322 e. The minimum absolute atomic E-state index is 0.155. The fourth-order valence-electron chi connectivity index (χ4n) is 2.22. The second kappa shape index (κ2) is 5.75. The van der Waals surface area contributed by atoms with Crippen LogP contribution in [0.25, 0.3) is 11.0 Å². The lowest BCUT2D eigenvalue weighted by Gasteiger charge is -2.07. The number of hydrogen-bond donors (Lipinski definition) is 1. The van der Waals surface area contributed by atoms with E-state index in [4.69, 9.17) is 0 Å². The summed E-state index contributed by atoms with van der Waals surface area (Å²) in [6.45, 7) is 3.97. The summed E-state index contributed by atoms with van der Waals surface area (Å²) in [5.74, 6) is -2.44. The van der Waals surface area contributed by atoms with Crippen LogP contribution in [0, 0.1) is 11.6 Å². The zero-order chi connectivity index (χ0) is 16.6. The van der Waals surface area contributed by atoms with Gasteiger partial charge in [0.05, 0.1) is 11.8 Å². The van der Waals surface area contributed by atoms with Crippen molar-refractivity contribution >= 4 is 22.6 Å². The number of carbonyl (C=O) groups is 1. The molecule has 3 rings (SSSR count). The predicted octanol–water partition coefficient (Wildman–Crippen LogP) is 3.54. The Morgan fingerprint density at radius 1 is 1.17 bits per heavy atom. The van der Waals surface area contributed by atoms with Crippen LogP contribution >= 0.6 is 0 Å². The molecular formula is C16H14F2N4O. The van der Waals surface area contributed by atoms with E-state index in [-0.39, 0.29) is 11.7 Å². The van der Waals surface area contributed by atoms with Gasteiger partial charge in [-0.05, 0) is 32.0 Å². The van der Waals surface area contributed by atoms with Crippen LogP contribution in [0.1, 0.15) is 30.2 Å². The Morgan fingerprint density at radius 2 is 1.96 bits per heavy atom. The average molecular weight is 316 g/mol. The first-order valence-corrected chi connectivity index (χ1v) is 7.05. The smallest absolute Gasteiger partial charge is 0.257 e. The van der Waals surface area contributed by atoms with E-state index in [1.807, 2.05) is 13.8 Å². The van der Waals surface area contributed by atoms with Crippen LogP contribution in [0.15, 0.2) is 36.7 Å². The molecule has 0 aliphatic carbocycles. The number of nitrogens with zero attached hydrogens (tertiary/aromatic N) is 3. The molecule has 0 radical (unpaired) electrons. The molecule has 3 aromatic rings. The second-order valence-electron chi connectivity index (χ2n) is 5.40. The molecule has 7 heteroatoms. The summed E-state index contributed by atoms with van der Waals surface area (Å²) in [7, 11) is 0. The van der Waals surface area contributed by atoms with Crippen molar-refractivity contribution in [3.05, 3.63) is 53.9 Å². The van der Waals surface area contributed by atoms with Crippen molar-refractivity contribution in [3.8, 4) is 0 Å². The molecule has 118 valence electrons. The van der Waals surface area contributed by atoms with Gasteiger partial charge >= 0.3 is 0 Å². The fraction of sp³-hybridized carbons (Fsp3) is 0.188. The Morgan fingerprint density at radius 3 is 2.65 bits per heavy atom. The first-order chi connectivity index (χ1) is 11.0. The Labute approximate surface area is 130 Å². The summed E-state index contributed by atoms with van der Waals surface area (Å²) in [5, 5.41) is 7.47. The topological polar surface area (TPSA) is 59.8 Å². The number of aromatic nitrogens is 3. The van der Waals surface area contributed by atoms with Gasteiger partial charge in [-0.2, -0.15) is 5.10 Å². The molecule has 0 fully saturated rings. The maximum absolute atomic E-state index is 13.2. The van der Waals surface area contributed by atoms with Gasteiger partial charge in [-0.3, -0.25) is 4.79 Å². The third-order valence-corrected chi connectivity index (χ3v) is 3.36. The molecule has 23 heavy (non-hydrogen) atoms. The summed E-state index contributed by atoms with van der Waals surface area (Å²) >= 11 is 0. The van der Waals surface area contributed by atoms with Gasteiger partial charge in [0, 0.05) is 29.4 Å². The first-order valence-electron chi connectivity index (χ1n) is 7.05. The van der Waals surface area contributed by atoms with Crippen LogP contribution in [0.3, 0.4) is 0 Å². The minimum Gasteiger partial charge on any atom is -0.322 e. The van der Waals surface area contributed by atoms with Crippen LogP contribution in [0.2, 0.25) is 0 Å². The van der Waals surface area contributed by atoms with Crippen molar-refractivity contribution in [3.63, 3.8) is 0 Å². The first kappa shape index (κ1) is 15.1. The molecule has 5 nitrogen and oxygen atoms in total. The molecule has 0 aliphatic rings. The van der Waals surface area contributed by atoms with E-state index < -0.39 is 17.5 Å². The van der Waals surface area contributed by atoms with Crippen LogP contribution in [0.5, 0.6) is 0 Å². The molecule has 0 bridgehead atoms. The van der Waals surface area contributed by atoms with Crippen molar-refractivity contribution in [1.82, 2.24) is 14.8 Å². The van der Waals surface area contributed by atoms with Crippen molar-refractivity contribution in [2.45, 2.75) is 19.9 Å². The lowest BCUT2D eigenvalue weighted by Crippen LogP contribution is -2.12. The third kappa shape index (κ3) is 2.90. The van der Waals surface area contributed by atoms with Gasteiger partial charge in [0.1, 0.15) is 0 Å². The molecule has 1 amide bonds. The van der Waals surface area contributed by atoms with Gasteiger partial charge in [0.15, 0.2) is 17.3 Å². The van der Waals surface area contributed by atoms with Gasteiger partial charge in [0.2, 0.25) is 0 Å². The highest BCUT2D eigenvalue weighted by molar-refractivity contribution is 6.05. The number of pyridine rings is 1. The van der Waals surface area contributed by atoms with Crippen molar-refractivity contribution in [2.75, 3.05) is 5.32 Å². The minimum atomic E-state index is -1.02. The summed E-state index contributed by atoms with van der Waals surface area (Å²) in [6.07, 6.45) is 3.06. The number of hydrogen-bond acceptors (Lipinski definition) is 3. The lowest BCUT2D eigenvalue weighted by atomic mass is 10.2. The summed E-state index contributed by atoms with van der Waals surface area (Å²) in [6, 6.07) is 4.99. The molecule has 1 N–H and O–H groups in total. The quantitative estimate of drug-likeness (QED) is 0.804. The van der Waals surface area contributed by atoms with E-state index in [2.05, 4.69) is 15.4 Å². The number of anilines is 1. The zero-order valence-electron chi connectivity index (χ0n) is 12.5. The monoisotopic (exact) mass is 316 g/mol. The van der Waals surface area contributed by atoms with E-state index in [1.165, 1.54) is 12.3 Å². The van der Waals surface area contributed by atoms with Gasteiger partial charge in [-0.1, -0.05) is 0 Å². The Kier molecular flexibility index (Phi) is 3.77. The Balaban J connectivity index is 1.87. The van der Waals surface area contributed by atoms with E-state index in [0.29, 0.717) is 11.2 Å². The van der Waals surface area contributed by atoms with Gasteiger partial charge in [-0.15, -0.1) is 0 Å². The fourth-order valence-corrected chi connectivity index (χ4v) is 2.22. The standard InChI is InChI=1S/C16H14F2N4O/c1-9(2)22-15-10(8-20-22)5-11(7-19-15)16(23)21-12-3-4-13(17)14(18)6-12/h3-9H,1-2H3,(H,21,23). The van der Waals surface area contributed by atoms with E-state index >= 15 is 0 Å². The number of carbonyl (C=O) groups excluding carboxylic acids is 1. The van der Waals surface area contributed by atoms with E-state index in [9.17, 15) is 13.6 Å². The zero-order valence-corrected chi connectivity index (χ0v) is 12.5. The number of halogens is 2. The van der Waals surface area contributed by atoms with Gasteiger partial charge in [-0.25, -0.2) is 18.4 Å². The lowest BCUT2D eigenvalue weighted by molar-refractivity contribution is 0.102. The Hall–Kier alpha value is -2.83. The van der Waals surface area contributed by atoms with Crippen molar-refractivity contribution in [1.29, 1.82) is 0 Å². The SMILES string of the molecule is CC(C)n1ncc2cc(C(=O)Nc3ccc(F)c(F)c3)cnc21. The Bertz CT molecular complexity index is 889. The number of benzene rings is 1. The van der Waals surface area contributed by atoms with Crippen molar-refractivity contribution in [2.24, 2.45) is 0 Å². The van der Waals surface area contributed by atoms with Gasteiger partial charge < -0.3 is 5.32 Å². The highest BCUT2D eigenvalue weighted by Gasteiger charge is 2.12. The molecule has 0 spiro atoms. The summed E-state index contributed by atoms with van der Waals surface area (Å²) in [5.41, 5.74) is 1.17. The van der Waals surface area contributed by atoms with Crippen molar-refractivity contribution < 1.29 is 13.6 Å². The number of amides is 1. The van der Waals surface area contributed by atoms with Crippen LogP contribution in [0.4, 0.5) is 14.5 Å². The molecule has 2 heterocycles. The summed E-state index contributed by atoms with van der Waals surface area (Å²) < 4.78 is 27.8. The number of nitrogens with one attached hydrogen (secondary N) is 1. The predicted molar refractivity (Wildman–Crippen MR) is 82.2 cm³/mol. The third-order valence-electron chi connectivity index (χ3n) is 3.36. The highest BCUT2D eigenvalue weighted by Crippen LogP contribution is 2.18. The maximum atomic E-state index is 13.2. The maximum Gasteiger partial charge on any atom is 0.257 e. The molecule has 1 aromatic carbocycles. The molecule has 0 atom stereocenters. The molecule has 0 aliphatic heterocycles. The second-order valence-corrected chi connectivity index (χ2v) is 5.40. The van der Waals surface area contributed by atoms with E-state index in [0.717, 1.165) is 17.5 Å². The summed E-state index contributed by atoms with van der Waals surface area (Å²) in [4.78, 5) is 16.5. The molecular weight excluding hydrogens is 302 g/mol. The number of fused-ring (bicyclic) bond motifs is 1. The number of rotatable bonds is 3. The molecule has 0 saturated heterocycles. The van der Waals surface area contributed by atoms with Crippen LogP contribution in [-0.2, 0) is 0 Å². The highest BCUT2D eigenvalue weighted by atomic mass is 19.2. The normalized spacial score (nSPS) is 11.2. The van der Waals surface area contributed by atoms with Crippen LogP contribution < -0.4 is 5.32 Å². The molecule has 0 saturated carbocycles.